The third-order valence-electron chi connectivity index (χ3n) is 3.74. The molecular weight excluding hydrogens is 418 g/mol. The lowest BCUT2D eigenvalue weighted by atomic mass is 10.1. The molecule has 1 aliphatic heterocycles. The molecule has 26 heavy (non-hydrogen) atoms. The smallest absolute Gasteiger partial charge is 0.280 e. The average molecular weight is 430 g/mol. The third kappa shape index (κ3) is 3.55. The lowest BCUT2D eigenvalue weighted by molar-refractivity contribution is -0.114. The lowest BCUT2D eigenvalue weighted by Gasteiger charge is -2.14. The largest absolute Gasteiger partial charge is 0.495 e. The number of carbonyl (C=O) groups excluding carboxylic acids is 1. The summed E-state index contributed by atoms with van der Waals surface area (Å²) in [6.45, 7) is 1.73. The summed E-state index contributed by atoms with van der Waals surface area (Å²) in [5.74, 6) is 0.0945. The first-order valence-corrected chi connectivity index (χ1v) is 8.93. The number of nitrogens with zero attached hydrogens (tertiary/aromatic N) is 2. The Morgan fingerprint density at radius 2 is 1.73 bits per heavy atom. The summed E-state index contributed by atoms with van der Waals surface area (Å²) in [4.78, 5) is 12.9. The molecule has 1 heterocycles. The van der Waals surface area contributed by atoms with Gasteiger partial charge in [0.1, 0.15) is 5.75 Å². The summed E-state index contributed by atoms with van der Waals surface area (Å²) >= 11 is 24.3. The SMILES string of the molecule is COc1c(Cl)cc(Cl)cc1/C=C1/C(=O)N(c2ccc(Cl)cc2Cl)N=C1C. The molecular formula is C18H12Cl4N2O2. The Kier molecular flexibility index (Phi) is 5.49. The van der Waals surface area contributed by atoms with Crippen molar-refractivity contribution in [2.45, 2.75) is 6.92 Å². The number of rotatable bonds is 3. The standard InChI is InChI=1S/C18H12Cl4N2O2/c1-9-13(6-10-5-12(20)8-15(22)17(10)26-2)18(25)24(23-9)16-4-3-11(19)7-14(16)21/h3-8H,1-2H3/b13-6+. The molecule has 0 unspecified atom stereocenters. The molecule has 0 radical (unpaired) electrons. The number of ether oxygens (including phenoxy) is 1. The van der Waals surface area contributed by atoms with E-state index in [0.717, 1.165) is 0 Å². The van der Waals surface area contributed by atoms with E-state index in [1.54, 1.807) is 43.3 Å². The second-order valence-electron chi connectivity index (χ2n) is 5.47. The maximum Gasteiger partial charge on any atom is 0.280 e. The van der Waals surface area contributed by atoms with Crippen molar-refractivity contribution in [3.8, 4) is 5.75 Å². The second-order valence-corrected chi connectivity index (χ2v) is 7.15. The molecule has 0 fully saturated rings. The summed E-state index contributed by atoms with van der Waals surface area (Å²) in [5, 5.41) is 7.12. The first kappa shape index (κ1) is 19.1. The highest BCUT2D eigenvalue weighted by molar-refractivity contribution is 6.39. The molecule has 0 spiro atoms. The van der Waals surface area contributed by atoms with Gasteiger partial charge in [0, 0.05) is 15.6 Å². The number of anilines is 1. The molecule has 2 aromatic rings. The van der Waals surface area contributed by atoms with Crippen LogP contribution in [-0.4, -0.2) is 18.7 Å². The number of amides is 1. The summed E-state index contributed by atoms with van der Waals surface area (Å²) in [6, 6.07) is 8.07. The van der Waals surface area contributed by atoms with Crippen LogP contribution in [-0.2, 0) is 4.79 Å². The highest BCUT2D eigenvalue weighted by atomic mass is 35.5. The summed E-state index contributed by atoms with van der Waals surface area (Å²) in [6.07, 6.45) is 1.64. The monoisotopic (exact) mass is 428 g/mol. The Morgan fingerprint density at radius 1 is 1.04 bits per heavy atom. The van der Waals surface area contributed by atoms with Gasteiger partial charge in [0.15, 0.2) is 0 Å². The zero-order chi connectivity index (χ0) is 19.0. The quantitative estimate of drug-likeness (QED) is 0.552. The number of methoxy groups -OCH3 is 1. The summed E-state index contributed by atoms with van der Waals surface area (Å²) in [5.41, 5.74) is 1.93. The minimum Gasteiger partial charge on any atom is -0.495 e. The first-order valence-electron chi connectivity index (χ1n) is 7.41. The normalized spacial score (nSPS) is 15.6. The van der Waals surface area contributed by atoms with Gasteiger partial charge in [0.2, 0.25) is 0 Å². The highest BCUT2D eigenvalue weighted by Crippen LogP contribution is 2.36. The summed E-state index contributed by atoms with van der Waals surface area (Å²) in [7, 11) is 1.49. The van der Waals surface area contributed by atoms with Gasteiger partial charge in [-0.05, 0) is 43.3 Å². The fraction of sp³-hybridized carbons (Fsp3) is 0.111. The van der Waals surface area contributed by atoms with Gasteiger partial charge in [-0.15, -0.1) is 0 Å². The Morgan fingerprint density at radius 3 is 2.38 bits per heavy atom. The topological polar surface area (TPSA) is 41.9 Å². The fourth-order valence-corrected chi connectivity index (χ4v) is 3.63. The molecule has 0 aromatic heterocycles. The van der Waals surface area contributed by atoms with E-state index in [-0.39, 0.29) is 5.91 Å². The molecule has 8 heteroatoms. The molecule has 0 aliphatic carbocycles. The maximum absolute atomic E-state index is 12.9. The van der Waals surface area contributed by atoms with Crippen LogP contribution < -0.4 is 9.75 Å². The number of hydrogen-bond acceptors (Lipinski definition) is 3. The Hall–Kier alpha value is -1.72. The van der Waals surface area contributed by atoms with Gasteiger partial charge in [0.25, 0.3) is 5.91 Å². The molecule has 0 atom stereocenters. The van der Waals surface area contributed by atoms with Crippen LogP contribution in [0.3, 0.4) is 0 Å². The van der Waals surface area contributed by atoms with Crippen LogP contribution in [0, 0.1) is 0 Å². The Balaban J connectivity index is 2.05. The van der Waals surface area contributed by atoms with Crippen LogP contribution in [0.2, 0.25) is 20.1 Å². The van der Waals surface area contributed by atoms with Crippen molar-refractivity contribution in [3.05, 3.63) is 61.6 Å². The molecule has 3 rings (SSSR count). The Bertz CT molecular complexity index is 970. The van der Waals surface area contributed by atoms with E-state index in [1.165, 1.54) is 12.1 Å². The predicted molar refractivity (Wildman–Crippen MR) is 108 cm³/mol. The van der Waals surface area contributed by atoms with Gasteiger partial charge in [-0.2, -0.15) is 10.1 Å². The van der Waals surface area contributed by atoms with Crippen LogP contribution in [0.25, 0.3) is 6.08 Å². The third-order valence-corrected chi connectivity index (χ3v) is 4.78. The van der Waals surface area contributed by atoms with Gasteiger partial charge in [-0.25, -0.2) is 0 Å². The molecule has 134 valence electrons. The van der Waals surface area contributed by atoms with Crippen molar-refractivity contribution in [1.82, 2.24) is 0 Å². The van der Waals surface area contributed by atoms with Gasteiger partial charge >= 0.3 is 0 Å². The van der Waals surface area contributed by atoms with Crippen LogP contribution in [0.4, 0.5) is 5.69 Å². The minimum absolute atomic E-state index is 0.326. The summed E-state index contributed by atoms with van der Waals surface area (Å²) < 4.78 is 5.32. The molecule has 0 bridgehead atoms. The van der Waals surface area contributed by atoms with E-state index in [0.29, 0.717) is 48.4 Å². The van der Waals surface area contributed by atoms with Crippen LogP contribution in [0.15, 0.2) is 41.0 Å². The van der Waals surface area contributed by atoms with E-state index in [1.807, 2.05) is 0 Å². The zero-order valence-electron chi connectivity index (χ0n) is 13.7. The number of benzene rings is 2. The van der Waals surface area contributed by atoms with Crippen LogP contribution in [0.1, 0.15) is 12.5 Å². The van der Waals surface area contributed by atoms with Crippen molar-refractivity contribution < 1.29 is 9.53 Å². The van der Waals surface area contributed by atoms with Crippen molar-refractivity contribution in [2.75, 3.05) is 12.1 Å². The maximum atomic E-state index is 12.9. The average Bonchev–Trinajstić information content (AvgIpc) is 2.82. The predicted octanol–water partition coefficient (Wildman–Crippen LogP) is 6.11. The minimum atomic E-state index is -0.329. The molecule has 0 N–H and O–H groups in total. The van der Waals surface area contributed by atoms with Gasteiger partial charge in [-0.1, -0.05) is 46.4 Å². The van der Waals surface area contributed by atoms with E-state index < -0.39 is 0 Å². The second kappa shape index (κ2) is 7.49. The van der Waals surface area contributed by atoms with E-state index >= 15 is 0 Å². The number of halogens is 4. The van der Waals surface area contributed by atoms with Crippen molar-refractivity contribution in [3.63, 3.8) is 0 Å². The fourth-order valence-electron chi connectivity index (χ4n) is 2.56. The molecule has 2 aromatic carbocycles. The molecule has 1 aliphatic rings. The van der Waals surface area contributed by atoms with Crippen LogP contribution >= 0.6 is 46.4 Å². The molecule has 4 nitrogen and oxygen atoms in total. The molecule has 0 saturated carbocycles. The van der Waals surface area contributed by atoms with Crippen molar-refractivity contribution >= 4 is 69.8 Å². The van der Waals surface area contributed by atoms with E-state index in [4.69, 9.17) is 51.1 Å². The highest BCUT2D eigenvalue weighted by Gasteiger charge is 2.30. The zero-order valence-corrected chi connectivity index (χ0v) is 16.7. The van der Waals surface area contributed by atoms with Gasteiger partial charge < -0.3 is 4.74 Å². The van der Waals surface area contributed by atoms with Crippen molar-refractivity contribution in [1.29, 1.82) is 0 Å². The Labute approximate surface area is 170 Å². The van der Waals surface area contributed by atoms with Gasteiger partial charge in [-0.3, -0.25) is 4.79 Å². The van der Waals surface area contributed by atoms with Crippen molar-refractivity contribution in [2.24, 2.45) is 5.10 Å². The number of hydrazone groups is 1. The van der Waals surface area contributed by atoms with Gasteiger partial charge in [0.05, 0.1) is 34.1 Å². The van der Waals surface area contributed by atoms with E-state index in [2.05, 4.69) is 5.10 Å². The first-order chi connectivity index (χ1) is 12.3. The number of carbonyl (C=O) groups is 1. The lowest BCUT2D eigenvalue weighted by Crippen LogP contribution is -2.21. The number of hydrogen-bond donors (Lipinski definition) is 0. The molecule has 0 saturated heterocycles. The van der Waals surface area contributed by atoms with E-state index in [9.17, 15) is 4.79 Å². The van der Waals surface area contributed by atoms with Crippen LogP contribution in [0.5, 0.6) is 5.75 Å². The molecule has 1 amide bonds.